The Hall–Kier alpha value is -2.24. The predicted octanol–water partition coefficient (Wildman–Crippen LogP) is 2.71. The predicted molar refractivity (Wildman–Crippen MR) is 82.3 cm³/mol. The van der Waals surface area contributed by atoms with E-state index in [1.807, 2.05) is 43.3 Å². The fourth-order valence-electron chi connectivity index (χ4n) is 3.17. The standard InChI is InChI=1S/C17H18NO4/c1-11-7-8-13-5-3-4-6-14(13)16(11)18(21,12(2)19)15-9-10-22-17(15)20/h3-8,15,21H,9-10H2,1-2H3/q+1. The van der Waals surface area contributed by atoms with Crippen molar-refractivity contribution in [3.8, 4) is 0 Å². The van der Waals surface area contributed by atoms with E-state index < -0.39 is 22.6 Å². The molecule has 0 saturated carbocycles. The molecule has 5 nitrogen and oxygen atoms in total. The van der Waals surface area contributed by atoms with Gasteiger partial charge in [-0.2, -0.15) is 0 Å². The molecule has 1 heterocycles. The summed E-state index contributed by atoms with van der Waals surface area (Å²) in [5.41, 5.74) is 1.21. The summed E-state index contributed by atoms with van der Waals surface area (Å²) in [6.07, 6.45) is 0.317. The number of aryl methyl sites for hydroxylation is 1. The SMILES string of the molecule is CC(=O)[N+](O)(c1c(C)ccc2ccccc12)C1CCOC1=O. The van der Waals surface area contributed by atoms with Crippen LogP contribution in [0, 0.1) is 6.92 Å². The zero-order valence-corrected chi connectivity index (χ0v) is 12.6. The molecule has 2 aromatic carbocycles. The van der Waals surface area contributed by atoms with Crippen LogP contribution in [-0.4, -0.2) is 29.7 Å². The molecule has 0 aromatic heterocycles. The first-order valence-corrected chi connectivity index (χ1v) is 7.24. The Morgan fingerprint density at radius 3 is 2.64 bits per heavy atom. The van der Waals surface area contributed by atoms with E-state index in [0.717, 1.165) is 16.3 Å². The summed E-state index contributed by atoms with van der Waals surface area (Å²) in [6.45, 7) is 3.35. The van der Waals surface area contributed by atoms with E-state index in [9.17, 15) is 14.8 Å². The largest absolute Gasteiger partial charge is 0.461 e. The molecule has 3 rings (SSSR count). The molecule has 1 fully saturated rings. The molecule has 5 heteroatoms. The fourth-order valence-corrected chi connectivity index (χ4v) is 3.17. The van der Waals surface area contributed by atoms with Crippen LogP contribution < -0.4 is 4.65 Å². The van der Waals surface area contributed by atoms with Gasteiger partial charge < -0.3 is 4.74 Å². The number of amides is 1. The second-order valence-corrected chi connectivity index (χ2v) is 5.63. The van der Waals surface area contributed by atoms with Crippen LogP contribution in [-0.2, 0) is 14.3 Å². The molecule has 0 spiro atoms. The summed E-state index contributed by atoms with van der Waals surface area (Å²) >= 11 is 0. The Kier molecular flexibility index (Phi) is 3.47. The number of nitrogens with zero attached hydrogens (tertiary/aromatic N) is 1. The highest BCUT2D eigenvalue weighted by atomic mass is 16.6. The van der Waals surface area contributed by atoms with Gasteiger partial charge >= 0.3 is 11.9 Å². The third-order valence-corrected chi connectivity index (χ3v) is 4.28. The number of carbonyl (C=O) groups is 2. The van der Waals surface area contributed by atoms with Crippen molar-refractivity contribution in [1.82, 2.24) is 4.65 Å². The van der Waals surface area contributed by atoms with Crippen molar-refractivity contribution < 1.29 is 19.5 Å². The molecule has 1 N–H and O–H groups in total. The number of rotatable bonds is 2. The van der Waals surface area contributed by atoms with Crippen molar-refractivity contribution in [2.24, 2.45) is 0 Å². The minimum absolute atomic E-state index is 0.223. The van der Waals surface area contributed by atoms with Gasteiger partial charge in [0.2, 0.25) is 6.04 Å². The lowest BCUT2D eigenvalue weighted by Crippen LogP contribution is -2.59. The van der Waals surface area contributed by atoms with Gasteiger partial charge in [0.25, 0.3) is 0 Å². The third kappa shape index (κ3) is 2.01. The molecule has 1 saturated heterocycles. The van der Waals surface area contributed by atoms with E-state index in [4.69, 9.17) is 4.74 Å². The van der Waals surface area contributed by atoms with E-state index >= 15 is 0 Å². The van der Waals surface area contributed by atoms with Gasteiger partial charge in [-0.3, -0.25) is 0 Å². The average Bonchev–Trinajstić information content (AvgIpc) is 2.93. The smallest absolute Gasteiger partial charge is 0.369 e. The molecule has 0 aliphatic carbocycles. The van der Waals surface area contributed by atoms with Crippen molar-refractivity contribution in [1.29, 1.82) is 0 Å². The van der Waals surface area contributed by atoms with Crippen LogP contribution >= 0.6 is 0 Å². The molecule has 2 atom stereocenters. The van der Waals surface area contributed by atoms with Crippen LogP contribution in [0.15, 0.2) is 36.4 Å². The maximum Gasteiger partial charge on any atom is 0.369 e. The second-order valence-electron chi connectivity index (χ2n) is 5.63. The van der Waals surface area contributed by atoms with Gasteiger partial charge in [-0.05, 0) is 18.4 Å². The minimum atomic E-state index is -1.04. The molecule has 2 unspecified atom stereocenters. The quantitative estimate of drug-likeness (QED) is 0.401. The monoisotopic (exact) mass is 300 g/mol. The van der Waals surface area contributed by atoms with Gasteiger partial charge in [-0.25, -0.2) is 14.8 Å². The average molecular weight is 300 g/mol. The highest BCUT2D eigenvalue weighted by Crippen LogP contribution is 2.38. The zero-order chi connectivity index (χ0) is 15.9. The summed E-state index contributed by atoms with van der Waals surface area (Å²) in [5.74, 6) is -1.03. The third-order valence-electron chi connectivity index (χ3n) is 4.28. The number of hydrogen-bond acceptors (Lipinski definition) is 4. The maximum atomic E-state index is 12.3. The molecule has 1 aliphatic heterocycles. The topological polar surface area (TPSA) is 63.6 Å². The molecule has 22 heavy (non-hydrogen) atoms. The van der Waals surface area contributed by atoms with Crippen LogP contribution in [0.1, 0.15) is 18.9 Å². The van der Waals surface area contributed by atoms with Crippen LogP contribution in [0.5, 0.6) is 0 Å². The number of hydroxylamine groups is 2. The van der Waals surface area contributed by atoms with Crippen LogP contribution in [0.2, 0.25) is 0 Å². The van der Waals surface area contributed by atoms with Gasteiger partial charge in [0.15, 0.2) is 5.69 Å². The van der Waals surface area contributed by atoms with E-state index in [1.165, 1.54) is 6.92 Å². The molecule has 1 aliphatic rings. The van der Waals surface area contributed by atoms with Gasteiger partial charge in [-0.1, -0.05) is 35.0 Å². The number of benzene rings is 2. The lowest BCUT2D eigenvalue weighted by molar-refractivity contribution is -0.175. The van der Waals surface area contributed by atoms with Gasteiger partial charge in [0, 0.05) is 17.4 Å². The Morgan fingerprint density at radius 1 is 1.27 bits per heavy atom. The summed E-state index contributed by atoms with van der Waals surface area (Å²) in [6, 6.07) is 10.4. The first kappa shape index (κ1) is 14.7. The van der Waals surface area contributed by atoms with Gasteiger partial charge in [0.05, 0.1) is 13.5 Å². The molecule has 1 amide bonds. The van der Waals surface area contributed by atoms with E-state index in [-0.39, 0.29) is 6.61 Å². The molecule has 114 valence electrons. The van der Waals surface area contributed by atoms with Crippen molar-refractivity contribution in [2.45, 2.75) is 26.3 Å². The first-order valence-electron chi connectivity index (χ1n) is 7.24. The summed E-state index contributed by atoms with van der Waals surface area (Å²) in [7, 11) is 0. The fraction of sp³-hybridized carbons (Fsp3) is 0.294. The van der Waals surface area contributed by atoms with Crippen molar-refractivity contribution in [3.63, 3.8) is 0 Å². The first-order chi connectivity index (χ1) is 10.5. The van der Waals surface area contributed by atoms with Crippen LogP contribution in [0.4, 0.5) is 5.69 Å². The number of cyclic esters (lactones) is 1. The van der Waals surface area contributed by atoms with Crippen molar-refractivity contribution in [3.05, 3.63) is 42.0 Å². The van der Waals surface area contributed by atoms with E-state index in [1.54, 1.807) is 0 Å². The van der Waals surface area contributed by atoms with Crippen molar-refractivity contribution >= 4 is 28.3 Å². The Morgan fingerprint density at radius 2 is 2.00 bits per heavy atom. The minimum Gasteiger partial charge on any atom is -0.461 e. The number of hydrogen-bond donors (Lipinski definition) is 1. The normalized spacial score (nSPS) is 20.7. The molecule has 2 aromatic rings. The summed E-state index contributed by atoms with van der Waals surface area (Å²) in [5, 5.41) is 12.9. The van der Waals surface area contributed by atoms with Crippen LogP contribution in [0.25, 0.3) is 10.8 Å². The summed E-state index contributed by atoms with van der Waals surface area (Å²) < 4.78 is 3.93. The van der Waals surface area contributed by atoms with Gasteiger partial charge in [0.1, 0.15) is 0 Å². The molecule has 0 bridgehead atoms. The van der Waals surface area contributed by atoms with Crippen molar-refractivity contribution in [2.75, 3.05) is 6.61 Å². The highest BCUT2D eigenvalue weighted by Gasteiger charge is 2.53. The lowest BCUT2D eigenvalue weighted by Gasteiger charge is -2.31. The molecular weight excluding hydrogens is 282 g/mol. The lowest BCUT2D eigenvalue weighted by atomic mass is 10.0. The maximum absolute atomic E-state index is 12.3. The Labute approximate surface area is 128 Å². The second kappa shape index (κ2) is 5.19. The number of fused-ring (bicyclic) bond motifs is 1. The Balaban J connectivity index is 2.32. The van der Waals surface area contributed by atoms with E-state index in [0.29, 0.717) is 12.1 Å². The number of ether oxygens (including phenoxy) is 1. The highest BCUT2D eigenvalue weighted by molar-refractivity contribution is 6.03. The Bertz CT molecular complexity index is 770. The summed E-state index contributed by atoms with van der Waals surface area (Å²) in [4.78, 5) is 24.3. The molecule has 0 radical (unpaired) electrons. The van der Waals surface area contributed by atoms with E-state index in [2.05, 4.69) is 0 Å². The number of esters is 1. The zero-order valence-electron chi connectivity index (χ0n) is 12.6. The van der Waals surface area contributed by atoms with Crippen LogP contribution in [0.3, 0.4) is 0 Å². The molecular formula is C17H18NO4+. The number of quaternary nitrogens is 1. The number of carbonyl (C=O) groups excluding carboxylic acids is 2. The van der Waals surface area contributed by atoms with Gasteiger partial charge in [-0.15, -0.1) is 0 Å².